The van der Waals surface area contributed by atoms with Crippen molar-refractivity contribution in [3.63, 3.8) is 0 Å². The molecule has 2 aromatic carbocycles. The summed E-state index contributed by atoms with van der Waals surface area (Å²) in [5, 5.41) is 0. The number of nitrogens with zero attached hydrogens (tertiary/aromatic N) is 1. The fraction of sp³-hybridized carbons (Fsp3) is 0. The second-order valence-electron chi connectivity index (χ2n) is 3.29. The number of hydrogen-bond donors (Lipinski definition) is 0. The smallest absolute Gasteiger partial charge is 0.0630 e. The Morgan fingerprint density at radius 2 is 1.56 bits per heavy atom. The zero-order valence-electron chi connectivity index (χ0n) is 8.40. The first-order valence-corrected chi connectivity index (χ1v) is 6.66. The molecular formula is C13H9BrIN. The first-order chi connectivity index (χ1) is 7.74. The molecule has 1 nitrogen and oxygen atoms in total. The second-order valence-corrected chi connectivity index (χ2v) is 5.45. The molecule has 0 aromatic heterocycles. The average Bonchev–Trinajstić information content (AvgIpc) is 2.30. The van der Waals surface area contributed by atoms with E-state index >= 15 is 0 Å². The third-order valence-corrected chi connectivity index (χ3v) is 3.31. The van der Waals surface area contributed by atoms with E-state index in [1.165, 1.54) is 3.57 Å². The van der Waals surface area contributed by atoms with E-state index in [-0.39, 0.29) is 0 Å². The molecule has 0 atom stereocenters. The van der Waals surface area contributed by atoms with Gasteiger partial charge < -0.3 is 0 Å². The van der Waals surface area contributed by atoms with Crippen molar-refractivity contribution in [3.8, 4) is 0 Å². The van der Waals surface area contributed by atoms with Gasteiger partial charge in [-0.1, -0.05) is 28.1 Å². The van der Waals surface area contributed by atoms with Gasteiger partial charge in [-0.15, -0.1) is 0 Å². The lowest BCUT2D eigenvalue weighted by molar-refractivity contribution is 1.51. The Hall–Kier alpha value is -0.680. The third kappa shape index (κ3) is 3.42. The lowest BCUT2D eigenvalue weighted by Gasteiger charge is -1.95. The Balaban J connectivity index is 2.15. The lowest BCUT2D eigenvalue weighted by Crippen LogP contribution is -1.79. The molecule has 0 radical (unpaired) electrons. The van der Waals surface area contributed by atoms with Crippen molar-refractivity contribution < 1.29 is 0 Å². The first-order valence-electron chi connectivity index (χ1n) is 4.79. The van der Waals surface area contributed by atoms with Crippen molar-refractivity contribution >= 4 is 50.4 Å². The number of hydrogen-bond acceptors (Lipinski definition) is 1. The minimum absolute atomic E-state index is 0.975. The van der Waals surface area contributed by atoms with Crippen LogP contribution in [0.25, 0.3) is 0 Å². The van der Waals surface area contributed by atoms with Crippen molar-refractivity contribution in [2.75, 3.05) is 0 Å². The highest BCUT2D eigenvalue weighted by Gasteiger charge is 1.90. The molecule has 0 aliphatic rings. The predicted octanol–water partition coefficient (Wildman–Crippen LogP) is 4.80. The highest BCUT2D eigenvalue weighted by Crippen LogP contribution is 2.15. The van der Waals surface area contributed by atoms with Crippen LogP contribution in [0.1, 0.15) is 5.56 Å². The number of halogens is 2. The van der Waals surface area contributed by atoms with Crippen LogP contribution in [0.3, 0.4) is 0 Å². The maximum atomic E-state index is 4.40. The Kier molecular flexibility index (Phi) is 4.12. The number of aliphatic imine (C=N–C) groups is 1. The predicted molar refractivity (Wildman–Crippen MR) is 80.6 cm³/mol. The molecule has 2 aromatic rings. The first kappa shape index (κ1) is 11.8. The molecule has 0 fully saturated rings. The van der Waals surface area contributed by atoms with Gasteiger partial charge in [0.15, 0.2) is 0 Å². The molecule has 16 heavy (non-hydrogen) atoms. The monoisotopic (exact) mass is 385 g/mol. The topological polar surface area (TPSA) is 12.4 Å². The lowest BCUT2D eigenvalue weighted by atomic mass is 10.2. The van der Waals surface area contributed by atoms with Crippen LogP contribution in [0.4, 0.5) is 5.69 Å². The fourth-order valence-electron chi connectivity index (χ4n) is 1.23. The number of rotatable bonds is 2. The van der Waals surface area contributed by atoms with E-state index in [2.05, 4.69) is 55.6 Å². The van der Waals surface area contributed by atoms with Crippen molar-refractivity contribution in [2.45, 2.75) is 0 Å². The van der Waals surface area contributed by atoms with Crippen LogP contribution in [0.5, 0.6) is 0 Å². The van der Waals surface area contributed by atoms with E-state index in [1.54, 1.807) is 0 Å². The van der Waals surface area contributed by atoms with E-state index in [0.717, 1.165) is 15.7 Å². The summed E-state index contributed by atoms with van der Waals surface area (Å²) in [6.45, 7) is 0. The van der Waals surface area contributed by atoms with Gasteiger partial charge in [-0.05, 0) is 64.6 Å². The van der Waals surface area contributed by atoms with Crippen LogP contribution in [0, 0.1) is 3.57 Å². The molecular weight excluding hydrogens is 377 g/mol. The van der Waals surface area contributed by atoms with Gasteiger partial charge in [0.25, 0.3) is 0 Å². The van der Waals surface area contributed by atoms with Crippen LogP contribution in [-0.2, 0) is 0 Å². The minimum atomic E-state index is 0.975. The van der Waals surface area contributed by atoms with Crippen LogP contribution < -0.4 is 0 Å². The Morgan fingerprint density at radius 3 is 2.19 bits per heavy atom. The molecule has 0 unspecified atom stereocenters. The van der Waals surface area contributed by atoms with E-state index in [4.69, 9.17) is 0 Å². The molecule has 0 saturated carbocycles. The van der Waals surface area contributed by atoms with Gasteiger partial charge in [0.05, 0.1) is 5.69 Å². The summed E-state index contributed by atoms with van der Waals surface area (Å²) >= 11 is 5.69. The highest BCUT2D eigenvalue weighted by molar-refractivity contribution is 14.1. The average molecular weight is 386 g/mol. The fourth-order valence-corrected chi connectivity index (χ4v) is 1.85. The van der Waals surface area contributed by atoms with E-state index < -0.39 is 0 Å². The quantitative estimate of drug-likeness (QED) is 0.520. The zero-order valence-corrected chi connectivity index (χ0v) is 12.1. The van der Waals surface area contributed by atoms with Gasteiger partial charge in [-0.2, -0.15) is 0 Å². The molecule has 80 valence electrons. The Bertz CT molecular complexity index is 441. The highest BCUT2D eigenvalue weighted by atomic mass is 127. The summed E-state index contributed by atoms with van der Waals surface area (Å²) in [4.78, 5) is 4.40. The molecule has 0 saturated heterocycles. The van der Waals surface area contributed by atoms with Crippen LogP contribution in [0.2, 0.25) is 0 Å². The molecule has 0 N–H and O–H groups in total. The van der Waals surface area contributed by atoms with Gasteiger partial charge in [0.1, 0.15) is 0 Å². The van der Waals surface area contributed by atoms with Gasteiger partial charge in [0, 0.05) is 14.3 Å². The summed E-state index contributed by atoms with van der Waals surface area (Å²) in [6, 6.07) is 16.2. The summed E-state index contributed by atoms with van der Waals surface area (Å²) in [5.74, 6) is 0. The van der Waals surface area contributed by atoms with Gasteiger partial charge >= 0.3 is 0 Å². The summed E-state index contributed by atoms with van der Waals surface area (Å²) in [5.41, 5.74) is 2.07. The Morgan fingerprint density at radius 1 is 0.938 bits per heavy atom. The third-order valence-electron chi connectivity index (χ3n) is 2.06. The standard InChI is InChI=1S/C13H9BrIN/c14-11-3-1-10(2-4-11)9-16-13-7-5-12(15)6-8-13/h1-9H. The number of benzene rings is 2. The zero-order chi connectivity index (χ0) is 11.4. The van der Waals surface area contributed by atoms with Gasteiger partial charge in [-0.3, -0.25) is 4.99 Å². The maximum Gasteiger partial charge on any atom is 0.0630 e. The molecule has 2 rings (SSSR count). The van der Waals surface area contributed by atoms with E-state index in [9.17, 15) is 0 Å². The minimum Gasteiger partial charge on any atom is -0.256 e. The Labute approximate surface area is 117 Å². The molecule has 0 bridgehead atoms. The van der Waals surface area contributed by atoms with Crippen LogP contribution in [-0.4, -0.2) is 6.21 Å². The van der Waals surface area contributed by atoms with Gasteiger partial charge in [-0.25, -0.2) is 0 Å². The second kappa shape index (κ2) is 5.59. The summed E-state index contributed by atoms with van der Waals surface area (Å²) in [6.07, 6.45) is 1.87. The largest absolute Gasteiger partial charge is 0.256 e. The maximum absolute atomic E-state index is 4.40. The molecule has 0 heterocycles. The summed E-state index contributed by atoms with van der Waals surface area (Å²) < 4.78 is 2.30. The SMILES string of the molecule is Brc1ccc(C=Nc2ccc(I)cc2)cc1. The van der Waals surface area contributed by atoms with E-state index in [0.29, 0.717) is 0 Å². The van der Waals surface area contributed by atoms with Crippen molar-refractivity contribution in [1.82, 2.24) is 0 Å². The molecule has 0 aliphatic carbocycles. The molecule has 3 heteroatoms. The van der Waals surface area contributed by atoms with Gasteiger partial charge in [0.2, 0.25) is 0 Å². The molecule has 0 amide bonds. The summed E-state index contributed by atoms with van der Waals surface area (Å²) in [7, 11) is 0. The van der Waals surface area contributed by atoms with Crippen LogP contribution in [0.15, 0.2) is 58.0 Å². The normalized spacial score (nSPS) is 10.9. The van der Waals surface area contributed by atoms with Crippen molar-refractivity contribution in [2.24, 2.45) is 4.99 Å². The van der Waals surface area contributed by atoms with Crippen LogP contribution >= 0.6 is 38.5 Å². The molecule has 0 spiro atoms. The van der Waals surface area contributed by atoms with Crippen molar-refractivity contribution in [1.29, 1.82) is 0 Å². The van der Waals surface area contributed by atoms with Crippen molar-refractivity contribution in [3.05, 3.63) is 62.1 Å². The van der Waals surface area contributed by atoms with E-state index in [1.807, 2.05) is 42.6 Å². The molecule has 0 aliphatic heterocycles.